The summed E-state index contributed by atoms with van der Waals surface area (Å²) in [6.07, 6.45) is 1.51. The normalized spacial score (nSPS) is 20.0. The summed E-state index contributed by atoms with van der Waals surface area (Å²) in [4.78, 5) is 7.72. The molecule has 1 fully saturated rings. The van der Waals surface area contributed by atoms with Crippen molar-refractivity contribution in [2.24, 2.45) is 5.73 Å². The second-order valence-electron chi connectivity index (χ2n) is 8.51. The number of nitrogens with zero attached hydrogens (tertiary/aromatic N) is 4. The molecule has 0 unspecified atom stereocenters. The summed E-state index contributed by atoms with van der Waals surface area (Å²) in [6, 6.07) is 8.63. The molecule has 0 radical (unpaired) electrons. The van der Waals surface area contributed by atoms with Gasteiger partial charge in [0.1, 0.15) is 17.6 Å². The fourth-order valence-corrected chi connectivity index (χ4v) is 5.59. The van der Waals surface area contributed by atoms with Gasteiger partial charge in [0.2, 0.25) is 0 Å². The van der Waals surface area contributed by atoms with Crippen LogP contribution in [-0.2, 0) is 6.54 Å². The van der Waals surface area contributed by atoms with Crippen molar-refractivity contribution in [3.8, 4) is 16.2 Å². The highest BCUT2D eigenvalue weighted by atomic mass is 32.1. The smallest absolute Gasteiger partial charge is 0.152 e. The number of nitrogens with two attached hydrogens (primary N) is 2. The van der Waals surface area contributed by atoms with Gasteiger partial charge in [-0.15, -0.1) is 11.3 Å². The number of rotatable bonds is 4. The van der Waals surface area contributed by atoms with Crippen LogP contribution in [0.2, 0.25) is 0 Å². The number of anilines is 1. The Kier molecular flexibility index (Phi) is 4.86. The van der Waals surface area contributed by atoms with E-state index in [0.717, 1.165) is 63.7 Å². The Morgan fingerprint density at radius 3 is 2.90 bits per heavy atom. The van der Waals surface area contributed by atoms with Gasteiger partial charge in [0.25, 0.3) is 0 Å². The van der Waals surface area contributed by atoms with Crippen LogP contribution in [-0.4, -0.2) is 51.9 Å². The Morgan fingerprint density at radius 1 is 1.29 bits per heavy atom. The molecule has 162 valence electrons. The van der Waals surface area contributed by atoms with Crippen molar-refractivity contribution in [2.45, 2.75) is 26.1 Å². The van der Waals surface area contributed by atoms with Crippen molar-refractivity contribution < 1.29 is 4.74 Å². The molecule has 31 heavy (non-hydrogen) atoms. The average Bonchev–Trinajstić information content (AvgIpc) is 3.29. The first-order valence-electron chi connectivity index (χ1n) is 10.3. The summed E-state index contributed by atoms with van der Waals surface area (Å²) >= 11 is 1.70. The van der Waals surface area contributed by atoms with Crippen molar-refractivity contribution >= 4 is 32.8 Å². The van der Waals surface area contributed by atoms with E-state index in [1.54, 1.807) is 18.4 Å². The first-order valence-corrected chi connectivity index (χ1v) is 11.1. The first kappa shape index (κ1) is 20.2. The molecule has 9 heteroatoms. The highest BCUT2D eigenvalue weighted by Crippen LogP contribution is 2.42. The van der Waals surface area contributed by atoms with Crippen LogP contribution in [0.1, 0.15) is 18.2 Å². The standard InChI is InChI=1S/C22H27N7OS/c1-13-6-14-8-18(31-20(14)17(7-13)30-3)16-9-15(29-19(16)21(23)25-12-27-29)10-28-5-4-26-22(2,24)11-28/h6-9,12,26H,4-5,10-11,24H2,1-3H3,(H2,23,25,27)/t22-/m0/s1. The number of hydrogen-bond donors (Lipinski definition) is 3. The van der Waals surface area contributed by atoms with Gasteiger partial charge in [0.15, 0.2) is 5.82 Å². The molecule has 8 nitrogen and oxygen atoms in total. The van der Waals surface area contributed by atoms with E-state index < -0.39 is 5.66 Å². The highest BCUT2D eigenvalue weighted by molar-refractivity contribution is 7.22. The molecule has 3 aromatic heterocycles. The van der Waals surface area contributed by atoms with E-state index in [2.05, 4.69) is 51.5 Å². The number of fused-ring (bicyclic) bond motifs is 2. The van der Waals surface area contributed by atoms with E-state index in [1.165, 1.54) is 11.9 Å². The molecule has 0 spiro atoms. The van der Waals surface area contributed by atoms with Crippen LogP contribution in [0.15, 0.2) is 30.6 Å². The Morgan fingerprint density at radius 2 is 2.13 bits per heavy atom. The Bertz CT molecular complexity index is 1280. The Balaban J connectivity index is 1.62. The maximum absolute atomic E-state index is 6.32. The van der Waals surface area contributed by atoms with Gasteiger partial charge in [-0.1, -0.05) is 6.07 Å². The van der Waals surface area contributed by atoms with Crippen LogP contribution >= 0.6 is 11.3 Å². The number of piperazine rings is 1. The third kappa shape index (κ3) is 3.63. The largest absolute Gasteiger partial charge is 0.495 e. The van der Waals surface area contributed by atoms with Crippen molar-refractivity contribution in [1.82, 2.24) is 24.8 Å². The molecule has 0 saturated carbocycles. The van der Waals surface area contributed by atoms with E-state index >= 15 is 0 Å². The lowest BCUT2D eigenvalue weighted by Gasteiger charge is -2.38. The second-order valence-corrected chi connectivity index (χ2v) is 9.56. The van der Waals surface area contributed by atoms with Gasteiger partial charge in [-0.3, -0.25) is 10.2 Å². The molecule has 5 N–H and O–H groups in total. The lowest BCUT2D eigenvalue weighted by Crippen LogP contribution is -2.63. The van der Waals surface area contributed by atoms with Crippen molar-refractivity contribution in [2.75, 3.05) is 32.5 Å². The molecular formula is C22H27N7OS. The Hall–Kier alpha value is -2.72. The van der Waals surface area contributed by atoms with Gasteiger partial charge in [0.05, 0.1) is 23.2 Å². The zero-order valence-corrected chi connectivity index (χ0v) is 18.8. The lowest BCUT2D eigenvalue weighted by molar-refractivity contribution is 0.139. The van der Waals surface area contributed by atoms with E-state index in [9.17, 15) is 0 Å². The molecule has 1 aliphatic heterocycles. The third-order valence-corrected chi connectivity index (χ3v) is 6.96. The van der Waals surface area contributed by atoms with Crippen LogP contribution < -0.4 is 21.5 Å². The van der Waals surface area contributed by atoms with Gasteiger partial charge in [-0.05, 0) is 43.0 Å². The summed E-state index contributed by atoms with van der Waals surface area (Å²) in [5.74, 6) is 1.36. The highest BCUT2D eigenvalue weighted by Gasteiger charge is 2.27. The van der Waals surface area contributed by atoms with Crippen molar-refractivity contribution in [1.29, 1.82) is 0 Å². The van der Waals surface area contributed by atoms with Crippen LogP contribution in [0.25, 0.3) is 26.0 Å². The number of ether oxygens (including phenoxy) is 1. The fourth-order valence-electron chi connectivity index (χ4n) is 4.45. The lowest BCUT2D eigenvalue weighted by atomic mass is 10.1. The summed E-state index contributed by atoms with van der Waals surface area (Å²) in [6.45, 7) is 7.38. The summed E-state index contributed by atoms with van der Waals surface area (Å²) in [5.41, 5.74) is 16.4. The number of methoxy groups -OCH3 is 1. The topological polar surface area (TPSA) is 107 Å². The molecule has 4 aromatic rings. The van der Waals surface area contributed by atoms with E-state index in [0.29, 0.717) is 5.82 Å². The zero-order valence-electron chi connectivity index (χ0n) is 18.0. The minimum Gasteiger partial charge on any atom is -0.495 e. The van der Waals surface area contributed by atoms with Crippen LogP contribution in [0.3, 0.4) is 0 Å². The molecule has 5 rings (SSSR count). The molecule has 0 amide bonds. The predicted octanol–water partition coefficient (Wildman–Crippen LogP) is 2.59. The second kappa shape index (κ2) is 7.45. The van der Waals surface area contributed by atoms with E-state index in [4.69, 9.17) is 16.2 Å². The Labute approximate surface area is 184 Å². The van der Waals surface area contributed by atoms with Crippen LogP contribution in [0.5, 0.6) is 5.75 Å². The summed E-state index contributed by atoms with van der Waals surface area (Å²) in [7, 11) is 1.71. The number of aromatic nitrogens is 3. The SMILES string of the molecule is COc1cc(C)cc2cc(-c3cc(CN4CCN[C@](C)(N)C4)n4ncnc(N)c34)sc12. The third-order valence-electron chi connectivity index (χ3n) is 5.76. The minimum absolute atomic E-state index is 0.401. The molecule has 1 saturated heterocycles. The molecule has 1 atom stereocenters. The summed E-state index contributed by atoms with van der Waals surface area (Å²) < 4.78 is 8.67. The number of hydrogen-bond acceptors (Lipinski definition) is 8. The number of benzene rings is 1. The average molecular weight is 438 g/mol. The first-order chi connectivity index (χ1) is 14.8. The van der Waals surface area contributed by atoms with Crippen LogP contribution in [0.4, 0.5) is 5.82 Å². The van der Waals surface area contributed by atoms with Crippen LogP contribution in [0, 0.1) is 6.92 Å². The molecule has 1 aromatic carbocycles. The molecule has 0 aliphatic carbocycles. The maximum Gasteiger partial charge on any atom is 0.152 e. The number of nitrogen functional groups attached to an aromatic ring is 1. The fraction of sp³-hybridized carbons (Fsp3) is 0.364. The van der Waals surface area contributed by atoms with Gasteiger partial charge in [0, 0.05) is 36.6 Å². The quantitative estimate of drug-likeness (QED) is 0.450. The van der Waals surface area contributed by atoms with Gasteiger partial charge in [-0.2, -0.15) is 5.10 Å². The van der Waals surface area contributed by atoms with Gasteiger partial charge in [-0.25, -0.2) is 9.50 Å². The molecular weight excluding hydrogens is 410 g/mol. The van der Waals surface area contributed by atoms with Crippen molar-refractivity contribution in [3.63, 3.8) is 0 Å². The number of thiophene rings is 1. The maximum atomic E-state index is 6.32. The molecule has 4 heterocycles. The zero-order chi connectivity index (χ0) is 21.8. The number of nitrogens with one attached hydrogen (secondary N) is 1. The van der Waals surface area contributed by atoms with Crippen molar-refractivity contribution in [3.05, 3.63) is 41.9 Å². The molecule has 0 bridgehead atoms. The number of aryl methyl sites for hydroxylation is 1. The van der Waals surface area contributed by atoms with Gasteiger partial charge < -0.3 is 16.2 Å². The monoisotopic (exact) mass is 437 g/mol. The van der Waals surface area contributed by atoms with E-state index in [1.807, 2.05) is 11.4 Å². The van der Waals surface area contributed by atoms with Gasteiger partial charge >= 0.3 is 0 Å². The van der Waals surface area contributed by atoms with E-state index in [-0.39, 0.29) is 0 Å². The molecule has 1 aliphatic rings. The predicted molar refractivity (Wildman–Crippen MR) is 125 cm³/mol. The minimum atomic E-state index is -0.401. The summed E-state index contributed by atoms with van der Waals surface area (Å²) in [5, 5.41) is 9.04.